The molecule has 8 nitrogen and oxygen atoms in total. The normalized spacial score (nSPS) is 11.0. The summed E-state index contributed by atoms with van der Waals surface area (Å²) in [7, 11) is 0. The number of aromatic carboxylic acids is 1. The number of halogens is 2. The molecule has 0 atom stereocenters. The second-order valence-corrected chi connectivity index (χ2v) is 2.92. The van der Waals surface area contributed by atoms with Gasteiger partial charge in [-0.2, -0.15) is 4.98 Å². The number of aromatic nitrogens is 5. The predicted molar refractivity (Wildman–Crippen MR) is 45.3 cm³/mol. The van der Waals surface area contributed by atoms with Crippen molar-refractivity contribution in [1.82, 2.24) is 25.1 Å². The van der Waals surface area contributed by atoms with Gasteiger partial charge in [-0.05, 0) is 0 Å². The number of nitrogens with zero attached hydrogens (tertiary/aromatic N) is 5. The zero-order valence-corrected chi connectivity index (χ0v) is 8.12. The minimum absolute atomic E-state index is 0.0220. The molecule has 2 rings (SSSR count). The Morgan fingerprint density at radius 2 is 2.35 bits per heavy atom. The van der Waals surface area contributed by atoms with Gasteiger partial charge in [0.2, 0.25) is 5.89 Å². The van der Waals surface area contributed by atoms with Crippen molar-refractivity contribution in [1.29, 1.82) is 0 Å². The van der Waals surface area contributed by atoms with Crippen LogP contribution < -0.4 is 0 Å². The van der Waals surface area contributed by atoms with Crippen LogP contribution in [0.15, 0.2) is 10.9 Å². The molecule has 0 fully saturated rings. The molecule has 0 spiro atoms. The quantitative estimate of drug-likeness (QED) is 0.827. The predicted octanol–water partition coefficient (Wildman–Crippen LogP) is 0.345. The first-order valence-electron chi connectivity index (χ1n) is 4.30. The summed E-state index contributed by atoms with van der Waals surface area (Å²) in [6, 6.07) is 0. The van der Waals surface area contributed by atoms with Gasteiger partial charge in [0.25, 0.3) is 6.43 Å². The fourth-order valence-electron chi connectivity index (χ4n) is 1.20. The summed E-state index contributed by atoms with van der Waals surface area (Å²) in [6.07, 6.45) is -1.93. The van der Waals surface area contributed by atoms with E-state index in [1.165, 1.54) is 0 Å². The summed E-state index contributed by atoms with van der Waals surface area (Å²) in [4.78, 5) is 14.2. The Kier molecular flexibility index (Phi) is 2.77. The van der Waals surface area contributed by atoms with Crippen LogP contribution in [0.4, 0.5) is 8.78 Å². The van der Waals surface area contributed by atoms with E-state index in [1.54, 1.807) is 0 Å². The van der Waals surface area contributed by atoms with Crippen LogP contribution in [-0.4, -0.2) is 36.2 Å². The molecule has 0 aliphatic heterocycles. The van der Waals surface area contributed by atoms with Crippen molar-refractivity contribution in [2.75, 3.05) is 0 Å². The van der Waals surface area contributed by atoms with Crippen molar-refractivity contribution in [3.8, 4) is 0 Å². The monoisotopic (exact) mass is 245 g/mol. The van der Waals surface area contributed by atoms with E-state index in [2.05, 4.69) is 25.0 Å². The van der Waals surface area contributed by atoms with E-state index in [4.69, 9.17) is 5.11 Å². The summed E-state index contributed by atoms with van der Waals surface area (Å²) in [6.45, 7) is -0.264. The SMILES string of the molecule is O=C(O)c1nnn(Cc2ncno2)c1C(F)F. The molecule has 0 aromatic carbocycles. The van der Waals surface area contributed by atoms with Crippen LogP contribution >= 0.6 is 0 Å². The molecule has 2 heterocycles. The van der Waals surface area contributed by atoms with Gasteiger partial charge in [-0.15, -0.1) is 5.10 Å². The lowest BCUT2D eigenvalue weighted by Gasteiger charge is -2.02. The Hall–Kier alpha value is -2.39. The van der Waals surface area contributed by atoms with Gasteiger partial charge in [0.05, 0.1) is 0 Å². The number of hydrogen-bond donors (Lipinski definition) is 1. The van der Waals surface area contributed by atoms with Gasteiger partial charge in [-0.1, -0.05) is 10.4 Å². The molecule has 90 valence electrons. The maximum atomic E-state index is 12.7. The molecule has 0 saturated heterocycles. The lowest BCUT2D eigenvalue weighted by Crippen LogP contribution is -2.10. The second-order valence-electron chi connectivity index (χ2n) is 2.92. The van der Waals surface area contributed by atoms with Crippen molar-refractivity contribution in [3.05, 3.63) is 23.6 Å². The maximum absolute atomic E-state index is 12.7. The number of carbonyl (C=O) groups is 1. The molecule has 0 radical (unpaired) electrons. The van der Waals surface area contributed by atoms with E-state index in [0.29, 0.717) is 4.68 Å². The van der Waals surface area contributed by atoms with Crippen LogP contribution in [0.3, 0.4) is 0 Å². The zero-order valence-electron chi connectivity index (χ0n) is 8.12. The van der Waals surface area contributed by atoms with Crippen LogP contribution in [0.2, 0.25) is 0 Å². The fourth-order valence-corrected chi connectivity index (χ4v) is 1.20. The highest BCUT2D eigenvalue weighted by Crippen LogP contribution is 2.21. The topological polar surface area (TPSA) is 107 Å². The molecular weight excluding hydrogens is 240 g/mol. The lowest BCUT2D eigenvalue weighted by atomic mass is 10.3. The van der Waals surface area contributed by atoms with Gasteiger partial charge in [-0.25, -0.2) is 18.3 Å². The Morgan fingerprint density at radius 1 is 1.59 bits per heavy atom. The Bertz CT molecular complexity index is 524. The molecule has 10 heteroatoms. The number of carboxylic acids is 1. The van der Waals surface area contributed by atoms with Gasteiger partial charge in [0.1, 0.15) is 12.2 Å². The first-order chi connectivity index (χ1) is 8.09. The Labute approximate surface area is 91.9 Å². The average Bonchev–Trinajstić information content (AvgIpc) is 2.86. The van der Waals surface area contributed by atoms with E-state index in [9.17, 15) is 13.6 Å². The van der Waals surface area contributed by atoms with Crippen LogP contribution in [0.1, 0.15) is 28.5 Å². The summed E-state index contributed by atoms with van der Waals surface area (Å²) in [5.74, 6) is -1.55. The van der Waals surface area contributed by atoms with Crippen LogP contribution in [0.25, 0.3) is 0 Å². The lowest BCUT2D eigenvalue weighted by molar-refractivity contribution is 0.0675. The van der Waals surface area contributed by atoms with Gasteiger partial charge < -0.3 is 9.63 Å². The van der Waals surface area contributed by atoms with Gasteiger partial charge in [0, 0.05) is 0 Å². The first kappa shape index (κ1) is 11.1. The number of hydrogen-bond acceptors (Lipinski definition) is 6. The van der Waals surface area contributed by atoms with Crippen molar-refractivity contribution in [2.45, 2.75) is 13.0 Å². The molecule has 0 saturated carbocycles. The van der Waals surface area contributed by atoms with Crippen LogP contribution in [-0.2, 0) is 6.54 Å². The van der Waals surface area contributed by atoms with Crippen molar-refractivity contribution < 1.29 is 23.2 Å². The molecule has 0 aliphatic carbocycles. The standard InChI is InChI=1S/C7H5F2N5O3/c8-6(9)5-4(7(15)16)12-13-14(5)1-3-10-2-11-17-3/h2,6H,1H2,(H,15,16). The molecule has 0 unspecified atom stereocenters. The zero-order chi connectivity index (χ0) is 12.4. The van der Waals surface area contributed by atoms with Gasteiger partial charge in [0.15, 0.2) is 12.0 Å². The van der Waals surface area contributed by atoms with E-state index < -0.39 is 23.8 Å². The number of rotatable bonds is 4. The Morgan fingerprint density at radius 3 is 2.88 bits per heavy atom. The Balaban J connectivity index is 2.37. The molecule has 17 heavy (non-hydrogen) atoms. The van der Waals surface area contributed by atoms with Gasteiger partial charge >= 0.3 is 5.97 Å². The summed E-state index contributed by atoms with van der Waals surface area (Å²) in [5.41, 5.74) is -1.59. The average molecular weight is 245 g/mol. The molecular formula is C7H5F2N5O3. The molecule has 1 N–H and O–H groups in total. The third kappa shape index (κ3) is 2.09. The third-order valence-corrected chi connectivity index (χ3v) is 1.87. The summed E-state index contributed by atoms with van der Waals surface area (Å²) < 4.78 is 30.7. The highest BCUT2D eigenvalue weighted by Gasteiger charge is 2.26. The third-order valence-electron chi connectivity index (χ3n) is 1.87. The first-order valence-corrected chi connectivity index (χ1v) is 4.30. The van der Waals surface area contributed by atoms with Crippen molar-refractivity contribution in [2.24, 2.45) is 0 Å². The molecule has 2 aromatic heterocycles. The van der Waals surface area contributed by atoms with E-state index in [0.717, 1.165) is 6.33 Å². The summed E-state index contributed by atoms with van der Waals surface area (Å²) >= 11 is 0. The van der Waals surface area contributed by atoms with Crippen LogP contribution in [0.5, 0.6) is 0 Å². The van der Waals surface area contributed by atoms with Gasteiger partial charge in [-0.3, -0.25) is 0 Å². The highest BCUT2D eigenvalue weighted by atomic mass is 19.3. The molecule has 0 aliphatic rings. The number of alkyl halides is 2. The van der Waals surface area contributed by atoms with Crippen molar-refractivity contribution in [3.63, 3.8) is 0 Å². The van der Waals surface area contributed by atoms with Crippen molar-refractivity contribution >= 4 is 5.97 Å². The molecule has 2 aromatic rings. The fraction of sp³-hybridized carbons (Fsp3) is 0.286. The molecule has 0 bridgehead atoms. The minimum atomic E-state index is -3.01. The highest BCUT2D eigenvalue weighted by molar-refractivity contribution is 5.86. The largest absolute Gasteiger partial charge is 0.476 e. The second kappa shape index (κ2) is 4.23. The van der Waals surface area contributed by atoms with E-state index >= 15 is 0 Å². The number of carboxylic acid groups (broad SMARTS) is 1. The maximum Gasteiger partial charge on any atom is 0.358 e. The summed E-state index contributed by atoms with van der Waals surface area (Å²) in [5, 5.41) is 18.4. The van der Waals surface area contributed by atoms with E-state index in [-0.39, 0.29) is 12.4 Å². The van der Waals surface area contributed by atoms with Crippen LogP contribution in [0, 0.1) is 0 Å². The van der Waals surface area contributed by atoms with E-state index in [1.807, 2.05) is 0 Å². The smallest absolute Gasteiger partial charge is 0.358 e. The minimum Gasteiger partial charge on any atom is -0.476 e. The molecule has 0 amide bonds.